The summed E-state index contributed by atoms with van der Waals surface area (Å²) in [6.45, 7) is -0.0505. The van der Waals surface area contributed by atoms with Crippen LogP contribution in [0.5, 0.6) is 5.75 Å². The summed E-state index contributed by atoms with van der Waals surface area (Å²) in [5.74, 6) is -0.273. The molecular formula is C9H8ClFN2O3. The molecule has 1 amide bonds. The molecule has 0 unspecified atom stereocenters. The Bertz CT molecular complexity index is 372. The molecule has 0 spiro atoms. The van der Waals surface area contributed by atoms with Crippen LogP contribution < -0.4 is 4.74 Å². The molecule has 0 N–H and O–H groups in total. The number of amides is 1. The molecule has 0 atom stereocenters. The maximum Gasteiger partial charge on any atom is 0.438 e. The number of nitrogens with zero attached hydrogens (tertiary/aromatic N) is 2. The van der Waals surface area contributed by atoms with Gasteiger partial charge in [0.25, 0.3) is 0 Å². The first-order valence-corrected chi connectivity index (χ1v) is 4.85. The van der Waals surface area contributed by atoms with Crippen molar-refractivity contribution in [1.82, 2.24) is 5.01 Å². The molecule has 0 aromatic heterocycles. The number of hydrogen-bond donors (Lipinski definition) is 0. The van der Waals surface area contributed by atoms with Crippen LogP contribution in [-0.4, -0.2) is 23.5 Å². The standard InChI is InChI=1S/C9H8ClFN2O3/c10-5-6-13(12-15)9(14)16-8-3-1-7(11)2-4-8/h1-4H,5-6H2. The molecule has 0 saturated heterocycles. The lowest BCUT2D eigenvalue weighted by molar-refractivity contribution is 0.156. The van der Waals surface area contributed by atoms with E-state index in [1.807, 2.05) is 0 Å². The van der Waals surface area contributed by atoms with E-state index in [0.717, 1.165) is 12.1 Å². The predicted octanol–water partition coefficient (Wildman–Crippen LogP) is 2.55. The molecule has 0 aliphatic rings. The van der Waals surface area contributed by atoms with Crippen molar-refractivity contribution in [3.05, 3.63) is 35.0 Å². The summed E-state index contributed by atoms with van der Waals surface area (Å²) in [5.41, 5.74) is 0. The van der Waals surface area contributed by atoms with E-state index in [-0.39, 0.29) is 18.2 Å². The Labute approximate surface area is 95.7 Å². The van der Waals surface area contributed by atoms with Gasteiger partial charge in [0, 0.05) is 5.88 Å². The first kappa shape index (κ1) is 12.4. The normalized spacial score (nSPS) is 9.62. The van der Waals surface area contributed by atoms with Crippen molar-refractivity contribution in [2.24, 2.45) is 5.29 Å². The highest BCUT2D eigenvalue weighted by Gasteiger charge is 2.15. The molecule has 1 rings (SSSR count). The molecule has 0 radical (unpaired) electrons. The van der Waals surface area contributed by atoms with Crippen LogP contribution in [0.2, 0.25) is 0 Å². The van der Waals surface area contributed by atoms with E-state index in [1.54, 1.807) is 0 Å². The average Bonchev–Trinajstić information content (AvgIpc) is 2.29. The fourth-order valence-electron chi connectivity index (χ4n) is 0.902. The third-order valence-corrected chi connectivity index (χ3v) is 1.79. The fourth-order valence-corrected chi connectivity index (χ4v) is 1.06. The van der Waals surface area contributed by atoms with E-state index in [4.69, 9.17) is 16.3 Å². The molecule has 1 aromatic carbocycles. The highest BCUT2D eigenvalue weighted by Crippen LogP contribution is 2.12. The predicted molar refractivity (Wildman–Crippen MR) is 55.6 cm³/mol. The van der Waals surface area contributed by atoms with Crippen molar-refractivity contribution in [2.75, 3.05) is 12.4 Å². The largest absolute Gasteiger partial charge is 0.438 e. The van der Waals surface area contributed by atoms with E-state index >= 15 is 0 Å². The second-order valence-corrected chi connectivity index (χ2v) is 3.09. The van der Waals surface area contributed by atoms with Crippen LogP contribution in [-0.2, 0) is 0 Å². The second kappa shape index (κ2) is 6.02. The number of ether oxygens (including phenoxy) is 1. The van der Waals surface area contributed by atoms with E-state index in [1.165, 1.54) is 12.1 Å². The van der Waals surface area contributed by atoms with Crippen LogP contribution >= 0.6 is 11.6 Å². The van der Waals surface area contributed by atoms with Crippen LogP contribution in [0.1, 0.15) is 0 Å². The Morgan fingerprint density at radius 2 is 2.06 bits per heavy atom. The zero-order chi connectivity index (χ0) is 12.0. The van der Waals surface area contributed by atoms with Gasteiger partial charge in [0.1, 0.15) is 11.6 Å². The molecule has 0 heterocycles. The summed E-state index contributed by atoms with van der Waals surface area (Å²) in [4.78, 5) is 21.5. The molecule has 0 bridgehead atoms. The van der Waals surface area contributed by atoms with Crippen LogP contribution in [0.25, 0.3) is 0 Å². The van der Waals surface area contributed by atoms with Crippen molar-refractivity contribution in [3.8, 4) is 5.75 Å². The number of carbonyl (C=O) groups is 1. The van der Waals surface area contributed by atoms with E-state index in [9.17, 15) is 14.1 Å². The Morgan fingerprint density at radius 1 is 1.44 bits per heavy atom. The summed E-state index contributed by atoms with van der Waals surface area (Å²) in [6, 6.07) is 4.78. The topological polar surface area (TPSA) is 59.0 Å². The van der Waals surface area contributed by atoms with Crippen LogP contribution in [0.4, 0.5) is 9.18 Å². The number of halogens is 2. The fraction of sp³-hybridized carbons (Fsp3) is 0.222. The molecule has 0 saturated carbocycles. The molecule has 16 heavy (non-hydrogen) atoms. The van der Waals surface area contributed by atoms with Gasteiger partial charge in [-0.1, -0.05) is 0 Å². The molecule has 0 aliphatic heterocycles. The first-order chi connectivity index (χ1) is 7.67. The molecule has 7 heteroatoms. The van der Waals surface area contributed by atoms with Crippen LogP contribution in [0.3, 0.4) is 0 Å². The molecule has 5 nitrogen and oxygen atoms in total. The van der Waals surface area contributed by atoms with Gasteiger partial charge >= 0.3 is 6.09 Å². The van der Waals surface area contributed by atoms with Crippen molar-refractivity contribution in [2.45, 2.75) is 0 Å². The molecule has 0 fully saturated rings. The lowest BCUT2D eigenvalue weighted by Gasteiger charge is -2.11. The van der Waals surface area contributed by atoms with E-state index in [2.05, 4.69) is 5.29 Å². The van der Waals surface area contributed by atoms with Gasteiger partial charge in [0.05, 0.1) is 11.8 Å². The number of hydrogen-bond acceptors (Lipinski definition) is 4. The number of rotatable bonds is 4. The third kappa shape index (κ3) is 3.47. The minimum Gasteiger partial charge on any atom is -0.409 e. The number of nitroso groups, excluding NO2 is 1. The van der Waals surface area contributed by atoms with E-state index in [0.29, 0.717) is 5.01 Å². The summed E-state index contributed by atoms with van der Waals surface area (Å²) >= 11 is 5.34. The van der Waals surface area contributed by atoms with Gasteiger partial charge in [-0.25, -0.2) is 9.18 Å². The average molecular weight is 247 g/mol. The second-order valence-electron chi connectivity index (χ2n) is 2.72. The van der Waals surface area contributed by atoms with Gasteiger partial charge in [-0.05, 0) is 24.3 Å². The zero-order valence-corrected chi connectivity index (χ0v) is 8.85. The lowest BCUT2D eigenvalue weighted by Crippen LogP contribution is -2.30. The van der Waals surface area contributed by atoms with Crippen molar-refractivity contribution in [1.29, 1.82) is 0 Å². The summed E-state index contributed by atoms with van der Waals surface area (Å²) in [5, 5.41) is 2.98. The highest BCUT2D eigenvalue weighted by atomic mass is 35.5. The molecule has 0 aliphatic carbocycles. The van der Waals surface area contributed by atoms with Gasteiger partial charge < -0.3 is 4.74 Å². The zero-order valence-electron chi connectivity index (χ0n) is 8.10. The van der Waals surface area contributed by atoms with Gasteiger partial charge in [-0.15, -0.1) is 16.5 Å². The minimum atomic E-state index is -0.956. The lowest BCUT2D eigenvalue weighted by atomic mass is 10.3. The highest BCUT2D eigenvalue weighted by molar-refractivity contribution is 6.18. The molecule has 1 aromatic rings. The Morgan fingerprint density at radius 3 is 2.56 bits per heavy atom. The van der Waals surface area contributed by atoms with Crippen LogP contribution in [0, 0.1) is 10.7 Å². The molecular weight excluding hydrogens is 239 g/mol. The first-order valence-electron chi connectivity index (χ1n) is 4.31. The Kier molecular flexibility index (Phi) is 4.65. The summed E-state index contributed by atoms with van der Waals surface area (Å²) < 4.78 is 17.3. The monoisotopic (exact) mass is 246 g/mol. The van der Waals surface area contributed by atoms with Gasteiger partial charge in [0.2, 0.25) is 0 Å². The van der Waals surface area contributed by atoms with Gasteiger partial charge in [0.15, 0.2) is 0 Å². The minimum absolute atomic E-state index is 0.0505. The third-order valence-electron chi connectivity index (χ3n) is 1.62. The number of carbonyl (C=O) groups excluding carboxylic acids is 1. The van der Waals surface area contributed by atoms with E-state index < -0.39 is 11.9 Å². The van der Waals surface area contributed by atoms with Crippen LogP contribution in [0.15, 0.2) is 29.6 Å². The smallest absolute Gasteiger partial charge is 0.409 e. The number of alkyl halides is 1. The maximum absolute atomic E-state index is 12.5. The Hall–Kier alpha value is -1.69. The van der Waals surface area contributed by atoms with Gasteiger partial charge in [-0.2, -0.15) is 5.01 Å². The summed E-state index contributed by atoms with van der Waals surface area (Å²) in [7, 11) is 0. The van der Waals surface area contributed by atoms with Crippen molar-refractivity contribution < 1.29 is 13.9 Å². The van der Waals surface area contributed by atoms with Crippen molar-refractivity contribution >= 4 is 17.7 Å². The summed E-state index contributed by atoms with van der Waals surface area (Å²) in [6.07, 6.45) is -0.956. The molecule has 86 valence electrons. The Balaban J connectivity index is 2.62. The number of benzene rings is 1. The SMILES string of the molecule is O=NN(CCCl)C(=O)Oc1ccc(F)cc1. The quantitative estimate of drug-likeness (QED) is 0.466. The maximum atomic E-state index is 12.5. The van der Waals surface area contributed by atoms with Gasteiger partial charge in [-0.3, -0.25) is 0 Å². The van der Waals surface area contributed by atoms with Crippen molar-refractivity contribution in [3.63, 3.8) is 0 Å².